The molecule has 0 aromatic heterocycles. The molecule has 0 saturated carbocycles. The second-order valence-corrected chi connectivity index (χ2v) is 12.1. The average molecular weight is 532 g/mol. The monoisotopic (exact) mass is 531 g/mol. The van der Waals surface area contributed by atoms with Crippen LogP contribution in [0.2, 0.25) is 0 Å². The second-order valence-electron chi connectivity index (χ2n) is 9.88. The first kappa shape index (κ1) is 30.3. The van der Waals surface area contributed by atoms with Gasteiger partial charge in [0.25, 0.3) is 0 Å². The van der Waals surface area contributed by atoms with E-state index >= 15 is 0 Å². The van der Waals surface area contributed by atoms with Crippen LogP contribution in [0.25, 0.3) is 0 Å². The number of carbonyl (C=O) groups excluding carboxylic acids is 2. The van der Waals surface area contributed by atoms with Crippen LogP contribution in [0, 0.1) is 11.8 Å². The van der Waals surface area contributed by atoms with Crippen molar-refractivity contribution in [2.75, 3.05) is 25.2 Å². The van der Waals surface area contributed by atoms with Gasteiger partial charge in [0, 0.05) is 19.0 Å². The van der Waals surface area contributed by atoms with E-state index in [1.807, 2.05) is 68.4 Å². The molecule has 2 atom stereocenters. The first-order chi connectivity index (χ1) is 17.6. The highest BCUT2D eigenvalue weighted by molar-refractivity contribution is 7.91. The summed E-state index contributed by atoms with van der Waals surface area (Å²) in [6.07, 6.45) is 1.40. The molecule has 0 radical (unpaired) electrons. The van der Waals surface area contributed by atoms with Gasteiger partial charge in [-0.15, -0.1) is 0 Å². The number of methoxy groups -OCH3 is 1. The number of rotatable bonds is 17. The van der Waals surface area contributed by atoms with E-state index in [4.69, 9.17) is 10.5 Å². The van der Waals surface area contributed by atoms with E-state index in [-0.39, 0.29) is 29.9 Å². The number of nitrogens with one attached hydrogen (secondary N) is 2. The zero-order valence-corrected chi connectivity index (χ0v) is 22.9. The Hall–Kier alpha value is -2.91. The Bertz CT molecular complexity index is 1090. The number of carbonyl (C=O) groups is 2. The Morgan fingerprint density at radius 2 is 1.70 bits per heavy atom. The molecule has 37 heavy (non-hydrogen) atoms. The van der Waals surface area contributed by atoms with Crippen LogP contribution >= 0.6 is 0 Å². The van der Waals surface area contributed by atoms with E-state index in [0.717, 1.165) is 16.9 Å². The van der Waals surface area contributed by atoms with Crippen molar-refractivity contribution in [2.24, 2.45) is 17.6 Å². The summed E-state index contributed by atoms with van der Waals surface area (Å²) in [5, 5.41) is 6.40. The van der Waals surface area contributed by atoms with Crippen LogP contribution < -0.4 is 21.1 Å². The van der Waals surface area contributed by atoms with Gasteiger partial charge in [-0.1, -0.05) is 56.3 Å². The van der Waals surface area contributed by atoms with Crippen LogP contribution in [0.1, 0.15) is 44.2 Å². The van der Waals surface area contributed by atoms with Crippen molar-refractivity contribution in [3.63, 3.8) is 0 Å². The predicted octanol–water partition coefficient (Wildman–Crippen LogP) is 2.85. The van der Waals surface area contributed by atoms with Gasteiger partial charge < -0.3 is 21.1 Å². The Morgan fingerprint density at radius 3 is 2.35 bits per heavy atom. The number of sulfone groups is 1. The second kappa shape index (κ2) is 15.4. The predicted molar refractivity (Wildman–Crippen MR) is 147 cm³/mol. The number of primary amides is 1. The molecule has 0 bridgehead atoms. The third-order valence-electron chi connectivity index (χ3n) is 6.08. The molecule has 2 aromatic carbocycles. The summed E-state index contributed by atoms with van der Waals surface area (Å²) in [5.74, 6) is -1.57. The van der Waals surface area contributed by atoms with Crippen LogP contribution in [0.3, 0.4) is 0 Å². The third-order valence-corrected chi connectivity index (χ3v) is 7.85. The highest BCUT2D eigenvalue weighted by Gasteiger charge is 2.28. The van der Waals surface area contributed by atoms with E-state index in [2.05, 4.69) is 10.6 Å². The minimum absolute atomic E-state index is 0.0190. The summed E-state index contributed by atoms with van der Waals surface area (Å²) in [6, 6.07) is 17.3. The molecule has 4 N–H and O–H groups in total. The van der Waals surface area contributed by atoms with Crippen molar-refractivity contribution < 1.29 is 22.7 Å². The fourth-order valence-corrected chi connectivity index (χ4v) is 5.89. The maximum absolute atomic E-state index is 13.2. The van der Waals surface area contributed by atoms with Gasteiger partial charge in [-0.3, -0.25) is 9.59 Å². The normalized spacial score (nSPS) is 13.2. The smallest absolute Gasteiger partial charge is 0.224 e. The fraction of sp³-hybridized carbons (Fsp3) is 0.500. The summed E-state index contributed by atoms with van der Waals surface area (Å²) < 4.78 is 30.6. The van der Waals surface area contributed by atoms with Gasteiger partial charge in [-0.05, 0) is 55.0 Å². The number of hydrogen-bond acceptors (Lipinski definition) is 6. The van der Waals surface area contributed by atoms with Gasteiger partial charge in [-0.25, -0.2) is 8.42 Å². The lowest BCUT2D eigenvalue weighted by atomic mass is 10.0. The van der Waals surface area contributed by atoms with Crippen LogP contribution in [-0.4, -0.2) is 51.4 Å². The molecule has 0 saturated heterocycles. The van der Waals surface area contributed by atoms with Gasteiger partial charge in [0.05, 0.1) is 24.5 Å². The van der Waals surface area contributed by atoms with E-state index < -0.39 is 27.6 Å². The SMILES string of the molecule is COc1cccc(CNCC[C@H](Cc2ccccc2)NC(=O)C(CC(N)=O)CS(=O)(=O)CCC(C)C)c1. The Labute approximate surface area is 221 Å². The fourth-order valence-electron chi connectivity index (χ4n) is 4.01. The Balaban J connectivity index is 2.05. The molecule has 0 aliphatic carbocycles. The zero-order valence-electron chi connectivity index (χ0n) is 22.1. The molecule has 0 spiro atoms. The standard InChI is InChI=1S/C28H41N3O5S/c1-21(2)13-15-37(34,35)20-24(18-27(29)32)28(33)31-25(16-22-8-5-4-6-9-22)12-14-30-19-23-10-7-11-26(17-23)36-3/h4-11,17,21,24-25,30H,12-16,18-20H2,1-3H3,(H2,29,32)(H,31,33)/t24?,25-/m1/s1. The van der Waals surface area contributed by atoms with E-state index in [0.29, 0.717) is 32.4 Å². The summed E-state index contributed by atoms with van der Waals surface area (Å²) >= 11 is 0. The van der Waals surface area contributed by atoms with Gasteiger partial charge in [-0.2, -0.15) is 0 Å². The molecular weight excluding hydrogens is 490 g/mol. The van der Waals surface area contributed by atoms with Crippen molar-refractivity contribution in [3.05, 3.63) is 65.7 Å². The molecule has 2 rings (SSSR count). The maximum Gasteiger partial charge on any atom is 0.224 e. The van der Waals surface area contributed by atoms with E-state index in [9.17, 15) is 18.0 Å². The van der Waals surface area contributed by atoms with Crippen LogP contribution in [0.15, 0.2) is 54.6 Å². The highest BCUT2D eigenvalue weighted by Crippen LogP contribution is 2.15. The van der Waals surface area contributed by atoms with Crippen LogP contribution in [0.4, 0.5) is 0 Å². The molecule has 2 aromatic rings. The number of hydrogen-bond donors (Lipinski definition) is 3. The average Bonchev–Trinajstić information content (AvgIpc) is 2.85. The lowest BCUT2D eigenvalue weighted by molar-refractivity contribution is -0.129. The Kier molecular flexibility index (Phi) is 12.6. The molecule has 1 unspecified atom stereocenters. The quantitative estimate of drug-likeness (QED) is 0.269. The van der Waals surface area contributed by atoms with Crippen LogP contribution in [0.5, 0.6) is 5.75 Å². The molecule has 2 amide bonds. The number of amides is 2. The molecule has 8 nitrogen and oxygen atoms in total. The largest absolute Gasteiger partial charge is 0.497 e. The minimum atomic E-state index is -3.51. The zero-order chi connectivity index (χ0) is 27.3. The van der Waals surface area contributed by atoms with E-state index in [1.54, 1.807) is 7.11 Å². The van der Waals surface area contributed by atoms with E-state index in [1.165, 1.54) is 0 Å². The molecule has 0 aliphatic rings. The molecule has 204 valence electrons. The van der Waals surface area contributed by atoms with Gasteiger partial charge in [0.15, 0.2) is 9.84 Å². The molecule has 0 heterocycles. The van der Waals surface area contributed by atoms with Crippen LogP contribution in [-0.2, 0) is 32.4 Å². The maximum atomic E-state index is 13.2. The lowest BCUT2D eigenvalue weighted by Crippen LogP contribution is -2.44. The summed E-state index contributed by atoms with van der Waals surface area (Å²) in [5.41, 5.74) is 7.50. The molecule has 9 heteroatoms. The molecular formula is C28H41N3O5S. The van der Waals surface area contributed by atoms with Crippen molar-refractivity contribution in [1.82, 2.24) is 10.6 Å². The number of benzene rings is 2. The van der Waals surface area contributed by atoms with Crippen molar-refractivity contribution in [3.8, 4) is 5.75 Å². The minimum Gasteiger partial charge on any atom is -0.497 e. The third kappa shape index (κ3) is 12.3. The molecule has 0 aliphatic heterocycles. The number of ether oxygens (including phenoxy) is 1. The van der Waals surface area contributed by atoms with Gasteiger partial charge >= 0.3 is 0 Å². The van der Waals surface area contributed by atoms with Crippen molar-refractivity contribution in [2.45, 2.75) is 52.1 Å². The summed E-state index contributed by atoms with van der Waals surface area (Å²) in [4.78, 5) is 24.9. The lowest BCUT2D eigenvalue weighted by Gasteiger charge is -2.23. The highest BCUT2D eigenvalue weighted by atomic mass is 32.2. The number of nitrogens with two attached hydrogens (primary N) is 1. The summed E-state index contributed by atoms with van der Waals surface area (Å²) in [6.45, 7) is 5.16. The first-order valence-corrected chi connectivity index (χ1v) is 14.6. The Morgan fingerprint density at radius 1 is 1.00 bits per heavy atom. The topological polar surface area (TPSA) is 128 Å². The van der Waals surface area contributed by atoms with Crippen molar-refractivity contribution in [1.29, 1.82) is 0 Å². The van der Waals surface area contributed by atoms with Gasteiger partial charge in [0.2, 0.25) is 11.8 Å². The van der Waals surface area contributed by atoms with Crippen molar-refractivity contribution >= 4 is 21.7 Å². The van der Waals surface area contributed by atoms with Gasteiger partial charge in [0.1, 0.15) is 5.75 Å². The summed E-state index contributed by atoms with van der Waals surface area (Å²) in [7, 11) is -1.88. The molecule has 0 fully saturated rings. The first-order valence-electron chi connectivity index (χ1n) is 12.7.